The van der Waals surface area contributed by atoms with Crippen LogP contribution in [0, 0.1) is 41.1 Å². The van der Waals surface area contributed by atoms with Crippen molar-refractivity contribution in [1.29, 1.82) is 0 Å². The van der Waals surface area contributed by atoms with E-state index in [9.17, 15) is 13.2 Å². The van der Waals surface area contributed by atoms with E-state index in [1.165, 1.54) is 44.2 Å². The molecule has 1 aliphatic heterocycles. The van der Waals surface area contributed by atoms with E-state index in [0.717, 1.165) is 63.1 Å². The van der Waals surface area contributed by atoms with E-state index >= 15 is 0 Å². The molecular formula is C24H31F3O2. The lowest BCUT2D eigenvalue weighted by molar-refractivity contribution is -0.185. The number of halogens is 3. The Bertz CT molecular complexity index is 713. The van der Waals surface area contributed by atoms with Crippen molar-refractivity contribution in [3.05, 3.63) is 35.1 Å². The van der Waals surface area contributed by atoms with Crippen molar-refractivity contribution in [3.63, 3.8) is 0 Å². The van der Waals surface area contributed by atoms with E-state index in [1.54, 1.807) is 0 Å². The first-order chi connectivity index (χ1) is 14.0. The van der Waals surface area contributed by atoms with E-state index < -0.39 is 17.5 Å². The van der Waals surface area contributed by atoms with Crippen LogP contribution in [0.25, 0.3) is 0 Å². The summed E-state index contributed by atoms with van der Waals surface area (Å²) in [7, 11) is 0. The Balaban J connectivity index is 1.18. The number of rotatable bonds is 2. The smallest absolute Gasteiger partial charge is 0.194 e. The molecule has 1 saturated heterocycles. The summed E-state index contributed by atoms with van der Waals surface area (Å²) < 4.78 is 52.4. The predicted molar refractivity (Wildman–Crippen MR) is 104 cm³/mol. The summed E-state index contributed by atoms with van der Waals surface area (Å²) in [5.41, 5.74) is 0.635. The molecule has 3 aliphatic carbocycles. The molecule has 0 bridgehead atoms. The second-order valence-electron chi connectivity index (χ2n) is 9.85. The van der Waals surface area contributed by atoms with Crippen molar-refractivity contribution in [3.8, 4) is 0 Å². The molecule has 1 aromatic rings. The SMILES string of the molecule is Fc1cc(C2CC[C@@H]3CC(C4CCC5(CC4)OCCO5)CC[C@H]3C2)cc(F)c1F. The Morgan fingerprint density at radius 2 is 1.24 bits per heavy atom. The van der Waals surface area contributed by atoms with Crippen LogP contribution in [-0.4, -0.2) is 19.0 Å². The second kappa shape index (κ2) is 7.88. The molecule has 4 aliphatic rings. The summed E-state index contributed by atoms with van der Waals surface area (Å²) in [4.78, 5) is 0. The van der Waals surface area contributed by atoms with Gasteiger partial charge in [-0.3, -0.25) is 0 Å². The van der Waals surface area contributed by atoms with Gasteiger partial charge in [-0.1, -0.05) is 0 Å². The van der Waals surface area contributed by atoms with Crippen LogP contribution in [0.2, 0.25) is 0 Å². The van der Waals surface area contributed by atoms with E-state index in [1.807, 2.05) is 0 Å². The van der Waals surface area contributed by atoms with Crippen molar-refractivity contribution in [2.45, 2.75) is 75.9 Å². The highest BCUT2D eigenvalue weighted by molar-refractivity contribution is 5.24. The molecule has 2 unspecified atom stereocenters. The van der Waals surface area contributed by atoms with Crippen LogP contribution in [-0.2, 0) is 9.47 Å². The maximum atomic E-state index is 13.7. The van der Waals surface area contributed by atoms with Gasteiger partial charge in [0.25, 0.3) is 0 Å². The minimum absolute atomic E-state index is 0.156. The highest BCUT2D eigenvalue weighted by atomic mass is 19.2. The van der Waals surface area contributed by atoms with Gasteiger partial charge in [0.1, 0.15) is 0 Å². The maximum absolute atomic E-state index is 13.7. The summed E-state index contributed by atoms with van der Waals surface area (Å²) in [5.74, 6) is -0.639. The zero-order chi connectivity index (χ0) is 20.0. The van der Waals surface area contributed by atoms with E-state index in [0.29, 0.717) is 11.5 Å². The van der Waals surface area contributed by atoms with Crippen molar-refractivity contribution in [2.24, 2.45) is 23.7 Å². The molecule has 2 nitrogen and oxygen atoms in total. The minimum Gasteiger partial charge on any atom is -0.348 e. The van der Waals surface area contributed by atoms with Gasteiger partial charge < -0.3 is 9.47 Å². The second-order valence-corrected chi connectivity index (χ2v) is 9.85. The van der Waals surface area contributed by atoms with Gasteiger partial charge in [-0.05, 0) is 98.7 Å². The average molecular weight is 409 g/mol. The number of hydrogen-bond acceptors (Lipinski definition) is 2. The number of benzene rings is 1. The third-order valence-electron chi connectivity index (χ3n) is 8.40. The van der Waals surface area contributed by atoms with Crippen LogP contribution in [0.1, 0.15) is 75.7 Å². The lowest BCUT2D eigenvalue weighted by atomic mass is 9.60. The summed E-state index contributed by atoms with van der Waals surface area (Å²) in [6.07, 6.45) is 11.3. The molecular weight excluding hydrogens is 377 g/mol. The molecule has 29 heavy (non-hydrogen) atoms. The maximum Gasteiger partial charge on any atom is 0.194 e. The fourth-order valence-electron chi connectivity index (χ4n) is 6.80. The minimum atomic E-state index is -1.36. The topological polar surface area (TPSA) is 18.5 Å². The van der Waals surface area contributed by atoms with Crippen molar-refractivity contribution < 1.29 is 22.6 Å². The Kier molecular flexibility index (Phi) is 5.40. The summed E-state index contributed by atoms with van der Waals surface area (Å²) in [6.45, 7) is 1.47. The molecule has 5 heteroatoms. The van der Waals surface area contributed by atoms with Crippen molar-refractivity contribution in [2.75, 3.05) is 13.2 Å². The Labute approximate surface area is 171 Å². The first-order valence-corrected chi connectivity index (χ1v) is 11.5. The standard InChI is InChI=1S/C24H31F3O2/c25-21-13-20(14-22(26)23(21)27)19-4-3-17-11-16(1-2-18(17)12-19)15-5-7-24(8-6-15)28-9-10-29-24/h13-19H,1-12H2/t16?,17-,18+,19?/m1/s1. The monoisotopic (exact) mass is 408 g/mol. The van der Waals surface area contributed by atoms with Crippen molar-refractivity contribution in [1.82, 2.24) is 0 Å². The molecule has 5 rings (SSSR count). The largest absolute Gasteiger partial charge is 0.348 e. The first kappa shape index (κ1) is 19.9. The molecule has 4 atom stereocenters. The van der Waals surface area contributed by atoms with Gasteiger partial charge in [-0.25, -0.2) is 13.2 Å². The molecule has 0 N–H and O–H groups in total. The van der Waals surface area contributed by atoms with Crippen LogP contribution >= 0.6 is 0 Å². The third kappa shape index (κ3) is 3.85. The molecule has 160 valence electrons. The highest BCUT2D eigenvalue weighted by Gasteiger charge is 2.44. The van der Waals surface area contributed by atoms with Crippen LogP contribution in [0.4, 0.5) is 13.2 Å². The zero-order valence-electron chi connectivity index (χ0n) is 17.0. The highest BCUT2D eigenvalue weighted by Crippen LogP contribution is 2.51. The Morgan fingerprint density at radius 1 is 0.690 bits per heavy atom. The molecule has 3 saturated carbocycles. The molecule has 0 radical (unpaired) electrons. The van der Waals surface area contributed by atoms with E-state index in [2.05, 4.69) is 0 Å². The quantitative estimate of drug-likeness (QED) is 0.532. The van der Waals surface area contributed by atoms with Crippen molar-refractivity contribution >= 4 is 0 Å². The summed E-state index contributed by atoms with van der Waals surface area (Å²) in [5, 5.41) is 0. The van der Waals surface area contributed by atoms with Gasteiger partial charge in [0, 0.05) is 12.8 Å². The van der Waals surface area contributed by atoms with E-state index in [-0.39, 0.29) is 11.7 Å². The summed E-state index contributed by atoms with van der Waals surface area (Å²) >= 11 is 0. The van der Waals surface area contributed by atoms with Gasteiger partial charge >= 0.3 is 0 Å². The molecule has 1 aromatic carbocycles. The molecule has 1 heterocycles. The lowest BCUT2D eigenvalue weighted by Gasteiger charge is -2.46. The van der Waals surface area contributed by atoms with Gasteiger partial charge in [0.2, 0.25) is 0 Å². The molecule has 0 amide bonds. The van der Waals surface area contributed by atoms with Crippen LogP contribution in [0.15, 0.2) is 12.1 Å². The number of fused-ring (bicyclic) bond motifs is 1. The zero-order valence-corrected chi connectivity index (χ0v) is 17.0. The van der Waals surface area contributed by atoms with E-state index in [4.69, 9.17) is 9.47 Å². The summed E-state index contributed by atoms with van der Waals surface area (Å²) in [6, 6.07) is 2.42. The lowest BCUT2D eigenvalue weighted by Crippen LogP contribution is -2.39. The first-order valence-electron chi connectivity index (χ1n) is 11.5. The Hall–Kier alpha value is -1.07. The van der Waals surface area contributed by atoms with Crippen LogP contribution < -0.4 is 0 Å². The van der Waals surface area contributed by atoms with Gasteiger partial charge in [0.05, 0.1) is 13.2 Å². The molecule has 0 aromatic heterocycles. The number of hydrogen-bond donors (Lipinski definition) is 0. The molecule has 1 spiro atoms. The fourth-order valence-corrected chi connectivity index (χ4v) is 6.80. The van der Waals surface area contributed by atoms with Crippen LogP contribution in [0.3, 0.4) is 0 Å². The molecule has 4 fully saturated rings. The van der Waals surface area contributed by atoms with Gasteiger partial charge in [-0.2, -0.15) is 0 Å². The fraction of sp³-hybridized carbons (Fsp3) is 0.750. The van der Waals surface area contributed by atoms with Gasteiger partial charge in [0.15, 0.2) is 23.2 Å². The third-order valence-corrected chi connectivity index (χ3v) is 8.40. The number of ether oxygens (including phenoxy) is 2. The average Bonchev–Trinajstić information content (AvgIpc) is 3.19. The Morgan fingerprint density at radius 3 is 1.90 bits per heavy atom. The van der Waals surface area contributed by atoms with Crippen LogP contribution in [0.5, 0.6) is 0 Å². The van der Waals surface area contributed by atoms with Gasteiger partial charge in [-0.15, -0.1) is 0 Å². The normalized spacial score (nSPS) is 35.0. The predicted octanol–water partition coefficient (Wildman–Crippen LogP) is 6.34.